The number of carbonyl (C=O) groups is 2. The van der Waals surface area contributed by atoms with Gasteiger partial charge in [0.25, 0.3) is 0 Å². The summed E-state index contributed by atoms with van der Waals surface area (Å²) in [5, 5.41) is 2.51. The summed E-state index contributed by atoms with van der Waals surface area (Å²) in [7, 11) is 1.31. The van der Waals surface area contributed by atoms with Crippen LogP contribution in [0.1, 0.15) is 12.5 Å². The van der Waals surface area contributed by atoms with E-state index >= 15 is 0 Å². The average molecular weight is 251 g/mol. The molecule has 0 saturated carbocycles. The molecule has 0 aliphatic carbocycles. The zero-order valence-corrected chi connectivity index (χ0v) is 10.5. The summed E-state index contributed by atoms with van der Waals surface area (Å²) in [6.45, 7) is 2.07. The number of nitrogens with one attached hydrogen (secondary N) is 1. The van der Waals surface area contributed by atoms with Crippen LogP contribution in [0.2, 0.25) is 0 Å². The monoisotopic (exact) mass is 251 g/mol. The van der Waals surface area contributed by atoms with Crippen molar-refractivity contribution in [2.75, 3.05) is 13.7 Å². The van der Waals surface area contributed by atoms with Gasteiger partial charge in [0.05, 0.1) is 13.0 Å². The molecule has 0 saturated heterocycles. The van der Waals surface area contributed by atoms with E-state index in [4.69, 9.17) is 4.74 Å². The van der Waals surface area contributed by atoms with Gasteiger partial charge in [0.2, 0.25) is 0 Å². The van der Waals surface area contributed by atoms with Crippen LogP contribution in [-0.4, -0.2) is 25.7 Å². The van der Waals surface area contributed by atoms with Gasteiger partial charge in [-0.2, -0.15) is 0 Å². The second kappa shape index (κ2) is 7.32. The maximum atomic E-state index is 11.3. The molecule has 0 aliphatic rings. The van der Waals surface area contributed by atoms with Crippen LogP contribution in [0.15, 0.2) is 30.3 Å². The van der Waals surface area contributed by atoms with Gasteiger partial charge in [-0.3, -0.25) is 4.79 Å². The third-order valence-corrected chi connectivity index (χ3v) is 2.37. The topological polar surface area (TPSA) is 64.6 Å². The lowest BCUT2D eigenvalue weighted by Gasteiger charge is -2.10. The zero-order valence-electron chi connectivity index (χ0n) is 10.5. The molecule has 1 rings (SSSR count). The first kappa shape index (κ1) is 14.0. The number of hydrogen-bond acceptors (Lipinski definition) is 4. The second-order valence-corrected chi connectivity index (χ2v) is 3.87. The van der Waals surface area contributed by atoms with Gasteiger partial charge in [0.15, 0.2) is 0 Å². The number of esters is 1. The highest BCUT2D eigenvalue weighted by atomic mass is 16.5. The Hall–Kier alpha value is -2.04. The van der Waals surface area contributed by atoms with Crippen molar-refractivity contribution in [1.29, 1.82) is 0 Å². The Morgan fingerprint density at radius 1 is 1.28 bits per heavy atom. The molecule has 1 amide bonds. The fraction of sp³-hybridized carbons (Fsp3) is 0.385. The number of alkyl carbamates (subject to hydrolysis) is 1. The number of hydrogen-bond donors (Lipinski definition) is 1. The van der Waals surface area contributed by atoms with Gasteiger partial charge in [-0.05, 0) is 5.56 Å². The van der Waals surface area contributed by atoms with E-state index in [2.05, 4.69) is 10.1 Å². The van der Waals surface area contributed by atoms with Crippen molar-refractivity contribution in [3.8, 4) is 0 Å². The third kappa shape index (κ3) is 4.86. The molecular formula is C13H17NO4. The minimum Gasteiger partial charge on any atom is -0.469 e. The number of methoxy groups -OCH3 is 1. The van der Waals surface area contributed by atoms with Crippen molar-refractivity contribution < 1.29 is 19.1 Å². The van der Waals surface area contributed by atoms with Crippen LogP contribution in [-0.2, 0) is 20.9 Å². The first-order valence-electron chi connectivity index (χ1n) is 5.66. The van der Waals surface area contributed by atoms with Crippen LogP contribution in [0.4, 0.5) is 4.79 Å². The van der Waals surface area contributed by atoms with Crippen molar-refractivity contribution in [1.82, 2.24) is 5.32 Å². The van der Waals surface area contributed by atoms with Crippen LogP contribution in [0.5, 0.6) is 0 Å². The quantitative estimate of drug-likeness (QED) is 0.809. The molecule has 1 aromatic rings. The van der Waals surface area contributed by atoms with E-state index in [0.29, 0.717) is 0 Å². The SMILES string of the molecule is COC(=O)[C@@H](C)CNC(=O)OCc1ccccc1. The van der Waals surface area contributed by atoms with Crippen LogP contribution < -0.4 is 5.32 Å². The molecule has 1 atom stereocenters. The Morgan fingerprint density at radius 2 is 1.94 bits per heavy atom. The second-order valence-electron chi connectivity index (χ2n) is 3.87. The molecule has 0 aromatic heterocycles. The smallest absolute Gasteiger partial charge is 0.407 e. The highest BCUT2D eigenvalue weighted by molar-refractivity contribution is 5.73. The summed E-state index contributed by atoms with van der Waals surface area (Å²) in [6.07, 6.45) is -0.547. The van der Waals surface area contributed by atoms with Crippen LogP contribution in [0, 0.1) is 5.92 Å². The van der Waals surface area contributed by atoms with Gasteiger partial charge in [-0.25, -0.2) is 4.79 Å². The molecule has 0 aliphatic heterocycles. The van der Waals surface area contributed by atoms with E-state index in [-0.39, 0.29) is 25.0 Å². The molecule has 0 heterocycles. The van der Waals surface area contributed by atoms with Crippen molar-refractivity contribution >= 4 is 12.1 Å². The summed E-state index contributed by atoms with van der Waals surface area (Å²) >= 11 is 0. The first-order chi connectivity index (χ1) is 8.63. The number of carbonyl (C=O) groups excluding carboxylic acids is 2. The number of benzene rings is 1. The molecular weight excluding hydrogens is 234 g/mol. The van der Waals surface area contributed by atoms with E-state index in [1.165, 1.54) is 7.11 Å². The Labute approximate surface area is 106 Å². The van der Waals surface area contributed by atoms with Crippen LogP contribution in [0.25, 0.3) is 0 Å². The van der Waals surface area contributed by atoms with E-state index in [1.807, 2.05) is 30.3 Å². The molecule has 0 bridgehead atoms. The van der Waals surface area contributed by atoms with Gasteiger partial charge in [0.1, 0.15) is 6.61 Å². The van der Waals surface area contributed by atoms with Crippen molar-refractivity contribution in [2.45, 2.75) is 13.5 Å². The lowest BCUT2D eigenvalue weighted by molar-refractivity contribution is -0.144. The van der Waals surface area contributed by atoms with E-state index < -0.39 is 6.09 Å². The zero-order chi connectivity index (χ0) is 13.4. The molecule has 1 aromatic carbocycles. The summed E-state index contributed by atoms with van der Waals surface area (Å²) in [4.78, 5) is 22.4. The van der Waals surface area contributed by atoms with Gasteiger partial charge in [0, 0.05) is 6.54 Å². The number of amides is 1. The van der Waals surface area contributed by atoms with E-state index in [0.717, 1.165) is 5.56 Å². The molecule has 5 nitrogen and oxygen atoms in total. The molecule has 98 valence electrons. The predicted octanol–water partition coefficient (Wildman–Crippen LogP) is 1.72. The Balaban J connectivity index is 2.24. The van der Waals surface area contributed by atoms with Gasteiger partial charge < -0.3 is 14.8 Å². The molecule has 0 fully saturated rings. The van der Waals surface area contributed by atoms with Crippen LogP contribution >= 0.6 is 0 Å². The summed E-state index contributed by atoms with van der Waals surface area (Å²) in [5.41, 5.74) is 0.911. The molecule has 18 heavy (non-hydrogen) atoms. The van der Waals surface area contributed by atoms with Gasteiger partial charge in [-0.1, -0.05) is 37.3 Å². The largest absolute Gasteiger partial charge is 0.469 e. The van der Waals surface area contributed by atoms with Crippen molar-refractivity contribution in [3.05, 3.63) is 35.9 Å². The lowest BCUT2D eigenvalue weighted by atomic mass is 10.2. The molecule has 5 heteroatoms. The minimum atomic E-state index is -0.547. The summed E-state index contributed by atoms with van der Waals surface area (Å²) in [6, 6.07) is 9.36. The number of rotatable bonds is 5. The Morgan fingerprint density at radius 3 is 2.56 bits per heavy atom. The molecule has 0 spiro atoms. The summed E-state index contributed by atoms with van der Waals surface area (Å²) < 4.78 is 9.53. The average Bonchev–Trinajstić information content (AvgIpc) is 2.42. The first-order valence-corrected chi connectivity index (χ1v) is 5.66. The number of ether oxygens (including phenoxy) is 2. The standard InChI is InChI=1S/C13H17NO4/c1-10(12(15)17-2)8-14-13(16)18-9-11-6-4-3-5-7-11/h3-7,10H,8-9H2,1-2H3,(H,14,16)/t10-/m0/s1. The highest BCUT2D eigenvalue weighted by Gasteiger charge is 2.14. The Bertz CT molecular complexity index is 391. The maximum Gasteiger partial charge on any atom is 0.407 e. The maximum absolute atomic E-state index is 11.3. The fourth-order valence-electron chi connectivity index (χ4n) is 1.30. The highest BCUT2D eigenvalue weighted by Crippen LogP contribution is 2.01. The normalized spacial score (nSPS) is 11.4. The van der Waals surface area contributed by atoms with Crippen molar-refractivity contribution in [2.24, 2.45) is 5.92 Å². The third-order valence-electron chi connectivity index (χ3n) is 2.37. The van der Waals surface area contributed by atoms with E-state index in [1.54, 1.807) is 6.92 Å². The lowest BCUT2D eigenvalue weighted by Crippen LogP contribution is -2.32. The van der Waals surface area contributed by atoms with Gasteiger partial charge >= 0.3 is 12.1 Å². The summed E-state index contributed by atoms with van der Waals surface area (Å²) in [5.74, 6) is -0.752. The Kier molecular flexibility index (Phi) is 5.70. The predicted molar refractivity (Wildman–Crippen MR) is 65.8 cm³/mol. The van der Waals surface area contributed by atoms with Crippen molar-refractivity contribution in [3.63, 3.8) is 0 Å². The molecule has 1 N–H and O–H groups in total. The fourth-order valence-corrected chi connectivity index (χ4v) is 1.30. The molecule has 0 radical (unpaired) electrons. The minimum absolute atomic E-state index is 0.195. The van der Waals surface area contributed by atoms with Gasteiger partial charge in [-0.15, -0.1) is 0 Å². The molecule has 0 unspecified atom stereocenters. The van der Waals surface area contributed by atoms with E-state index in [9.17, 15) is 9.59 Å². The van der Waals surface area contributed by atoms with Crippen LogP contribution in [0.3, 0.4) is 0 Å².